The number of aromatic nitrogens is 2. The van der Waals surface area contributed by atoms with Gasteiger partial charge in [-0.1, -0.05) is 15.9 Å². The number of hydrogen-bond donors (Lipinski definition) is 1. The van der Waals surface area contributed by atoms with Crippen molar-refractivity contribution in [3.05, 3.63) is 15.9 Å². The maximum atomic E-state index is 11.2. The highest BCUT2D eigenvalue weighted by molar-refractivity contribution is 9.09. The van der Waals surface area contributed by atoms with E-state index in [-0.39, 0.29) is 29.3 Å². The topological polar surface area (TPSA) is 104 Å². The predicted octanol–water partition coefficient (Wildman–Crippen LogP) is 0.646. The van der Waals surface area contributed by atoms with Gasteiger partial charge >= 0.3 is 5.82 Å². The molecule has 0 saturated heterocycles. The lowest BCUT2D eigenvalue weighted by molar-refractivity contribution is -0.391. The maximum Gasteiger partial charge on any atom is 0.367 e. The number of carbonyl (C=O) groups is 1. The van der Waals surface area contributed by atoms with Gasteiger partial charge in [0.05, 0.1) is 5.33 Å². The van der Waals surface area contributed by atoms with E-state index in [0.717, 1.165) is 0 Å². The quantitative estimate of drug-likeness (QED) is 0.494. The summed E-state index contributed by atoms with van der Waals surface area (Å²) in [6.45, 7) is 1.46. The fourth-order valence-corrected chi connectivity index (χ4v) is 1.35. The zero-order valence-electron chi connectivity index (χ0n) is 7.94. The monoisotopic (exact) mass is 276 g/mol. The first kappa shape index (κ1) is 11.6. The van der Waals surface area contributed by atoms with E-state index in [0.29, 0.717) is 5.82 Å². The SMILES string of the molecule is Cc1nc(N)c([N+](=O)[O-])n1CC(=O)CBr. The molecule has 15 heavy (non-hydrogen) atoms. The summed E-state index contributed by atoms with van der Waals surface area (Å²) in [5.74, 6) is -0.325. The largest absolute Gasteiger partial charge is 0.377 e. The first-order chi connectivity index (χ1) is 6.97. The Morgan fingerprint density at radius 3 is 2.80 bits per heavy atom. The van der Waals surface area contributed by atoms with E-state index in [1.54, 1.807) is 6.92 Å². The number of nitrogens with zero attached hydrogens (tertiary/aromatic N) is 3. The molecule has 0 fully saturated rings. The zero-order chi connectivity index (χ0) is 11.6. The number of halogens is 1. The molecular weight excluding hydrogens is 268 g/mol. The van der Waals surface area contributed by atoms with Crippen LogP contribution in [0.3, 0.4) is 0 Å². The summed E-state index contributed by atoms with van der Waals surface area (Å²) in [7, 11) is 0. The molecule has 82 valence electrons. The second-order valence-corrected chi connectivity index (χ2v) is 3.44. The van der Waals surface area contributed by atoms with E-state index < -0.39 is 4.92 Å². The Morgan fingerprint density at radius 2 is 2.33 bits per heavy atom. The van der Waals surface area contributed by atoms with E-state index in [4.69, 9.17) is 5.73 Å². The number of Topliss-reactive ketones (excluding diaryl/α,β-unsaturated/α-hetero) is 1. The maximum absolute atomic E-state index is 11.2. The van der Waals surface area contributed by atoms with Crippen molar-refractivity contribution in [3.63, 3.8) is 0 Å². The van der Waals surface area contributed by atoms with Crippen LogP contribution >= 0.6 is 15.9 Å². The minimum absolute atomic E-state index is 0.0996. The molecule has 0 aliphatic heterocycles. The van der Waals surface area contributed by atoms with Gasteiger partial charge in [-0.05, 0) is 4.92 Å². The van der Waals surface area contributed by atoms with Crippen LogP contribution in [0.15, 0.2) is 0 Å². The zero-order valence-corrected chi connectivity index (χ0v) is 9.52. The Kier molecular flexibility index (Phi) is 3.40. The van der Waals surface area contributed by atoms with Crippen molar-refractivity contribution < 1.29 is 9.72 Å². The second-order valence-electron chi connectivity index (χ2n) is 2.88. The molecule has 0 aromatic carbocycles. The Bertz CT molecular complexity index is 415. The van der Waals surface area contributed by atoms with Crippen molar-refractivity contribution in [1.82, 2.24) is 9.55 Å². The fraction of sp³-hybridized carbons (Fsp3) is 0.429. The van der Waals surface area contributed by atoms with Crippen molar-refractivity contribution in [3.8, 4) is 0 Å². The van der Waals surface area contributed by atoms with Gasteiger partial charge in [-0.25, -0.2) is 4.57 Å². The molecule has 0 saturated carbocycles. The van der Waals surface area contributed by atoms with Crippen LogP contribution in [0.25, 0.3) is 0 Å². The smallest absolute Gasteiger partial charge is 0.367 e. The third-order valence-electron chi connectivity index (χ3n) is 1.81. The van der Waals surface area contributed by atoms with Crippen LogP contribution < -0.4 is 5.73 Å². The number of imidazole rings is 1. The summed E-state index contributed by atoms with van der Waals surface area (Å²) in [6.07, 6.45) is 0. The van der Waals surface area contributed by atoms with E-state index in [2.05, 4.69) is 20.9 Å². The normalized spacial score (nSPS) is 10.3. The van der Waals surface area contributed by atoms with Crippen molar-refractivity contribution in [2.24, 2.45) is 0 Å². The molecule has 0 amide bonds. The number of anilines is 1. The summed E-state index contributed by atoms with van der Waals surface area (Å²) in [5, 5.41) is 10.8. The number of ketones is 1. The van der Waals surface area contributed by atoms with Gasteiger partial charge in [-0.3, -0.25) is 4.79 Å². The first-order valence-electron chi connectivity index (χ1n) is 4.02. The van der Waals surface area contributed by atoms with Gasteiger partial charge in [-0.15, -0.1) is 0 Å². The molecule has 0 aliphatic carbocycles. The second kappa shape index (κ2) is 4.39. The van der Waals surface area contributed by atoms with E-state index in [9.17, 15) is 14.9 Å². The third kappa shape index (κ3) is 2.32. The molecule has 1 heterocycles. The Morgan fingerprint density at radius 1 is 1.73 bits per heavy atom. The summed E-state index contributed by atoms with van der Waals surface area (Å²) in [6, 6.07) is 0. The molecule has 8 heteroatoms. The molecule has 0 atom stereocenters. The van der Waals surface area contributed by atoms with Gasteiger partial charge in [0.1, 0.15) is 0 Å². The van der Waals surface area contributed by atoms with Gasteiger partial charge in [0.2, 0.25) is 5.82 Å². The van der Waals surface area contributed by atoms with Crippen molar-refractivity contribution in [2.75, 3.05) is 11.1 Å². The van der Waals surface area contributed by atoms with E-state index in [1.807, 2.05) is 0 Å². The minimum atomic E-state index is -0.642. The standard InChI is InChI=1S/C7H9BrN4O3/c1-4-10-6(9)7(12(14)15)11(4)3-5(13)2-8/h2-3,9H2,1H3. The van der Waals surface area contributed by atoms with Crippen LogP contribution in [-0.2, 0) is 11.3 Å². The Hall–Kier alpha value is -1.44. The number of aryl methyl sites for hydroxylation is 1. The molecule has 0 spiro atoms. The van der Waals surface area contributed by atoms with Crippen LogP contribution in [-0.4, -0.2) is 25.6 Å². The van der Waals surface area contributed by atoms with Crippen LogP contribution in [0.1, 0.15) is 5.82 Å². The predicted molar refractivity (Wildman–Crippen MR) is 56.8 cm³/mol. The van der Waals surface area contributed by atoms with Gasteiger partial charge in [-0.2, -0.15) is 4.98 Å². The average Bonchev–Trinajstić information content (AvgIpc) is 2.41. The third-order valence-corrected chi connectivity index (χ3v) is 2.44. The fourth-order valence-electron chi connectivity index (χ4n) is 1.18. The molecule has 0 radical (unpaired) electrons. The van der Waals surface area contributed by atoms with Gasteiger partial charge in [0, 0.05) is 6.92 Å². The minimum Gasteiger partial charge on any atom is -0.377 e. The lowest BCUT2D eigenvalue weighted by Gasteiger charge is -2.00. The molecule has 1 aromatic heterocycles. The van der Waals surface area contributed by atoms with Crippen molar-refractivity contribution in [1.29, 1.82) is 0 Å². The number of rotatable bonds is 4. The number of nitro groups is 1. The lowest BCUT2D eigenvalue weighted by atomic mass is 10.4. The Balaban J connectivity index is 3.15. The molecule has 0 unspecified atom stereocenters. The van der Waals surface area contributed by atoms with Crippen LogP contribution in [0.5, 0.6) is 0 Å². The highest BCUT2D eigenvalue weighted by atomic mass is 79.9. The average molecular weight is 277 g/mol. The number of carbonyl (C=O) groups excluding carboxylic acids is 1. The highest BCUT2D eigenvalue weighted by Gasteiger charge is 2.24. The van der Waals surface area contributed by atoms with Crippen LogP contribution in [0.2, 0.25) is 0 Å². The van der Waals surface area contributed by atoms with Gasteiger partial charge < -0.3 is 15.8 Å². The van der Waals surface area contributed by atoms with Gasteiger partial charge in [0.15, 0.2) is 18.2 Å². The molecule has 0 bridgehead atoms. The number of hydrogen-bond acceptors (Lipinski definition) is 5. The first-order valence-corrected chi connectivity index (χ1v) is 5.14. The number of nitrogen functional groups attached to an aromatic ring is 1. The molecule has 1 aromatic rings. The van der Waals surface area contributed by atoms with Crippen molar-refractivity contribution >= 4 is 33.3 Å². The molecular formula is C7H9BrN4O3. The summed E-state index contributed by atoms with van der Waals surface area (Å²) < 4.78 is 1.19. The van der Waals surface area contributed by atoms with E-state index in [1.165, 1.54) is 4.57 Å². The highest BCUT2D eigenvalue weighted by Crippen LogP contribution is 2.22. The van der Waals surface area contributed by atoms with Crippen LogP contribution in [0, 0.1) is 17.0 Å². The molecule has 2 N–H and O–H groups in total. The van der Waals surface area contributed by atoms with Crippen molar-refractivity contribution in [2.45, 2.75) is 13.5 Å². The summed E-state index contributed by atoms with van der Waals surface area (Å²) in [5.41, 5.74) is 5.36. The summed E-state index contributed by atoms with van der Waals surface area (Å²) in [4.78, 5) is 24.9. The molecule has 0 aliphatic rings. The Labute approximate surface area is 93.6 Å². The number of nitrogens with two attached hydrogens (primary N) is 1. The molecule has 1 rings (SSSR count). The molecule has 7 nitrogen and oxygen atoms in total. The van der Waals surface area contributed by atoms with Crippen LogP contribution in [0.4, 0.5) is 11.6 Å². The number of alkyl halides is 1. The lowest BCUT2D eigenvalue weighted by Crippen LogP contribution is -2.14. The van der Waals surface area contributed by atoms with Gasteiger partial charge in [0.25, 0.3) is 0 Å². The van der Waals surface area contributed by atoms with E-state index >= 15 is 0 Å². The summed E-state index contributed by atoms with van der Waals surface area (Å²) >= 11 is 2.98.